The minimum Gasteiger partial charge on any atom is -0.534 e. The summed E-state index contributed by atoms with van der Waals surface area (Å²) in [5.41, 5.74) is -1.59. The highest BCUT2D eigenvalue weighted by Gasteiger charge is 2.44. The molecule has 0 aromatic heterocycles. The number of halogens is 1. The predicted molar refractivity (Wildman–Crippen MR) is 282 cm³/mol. The van der Waals surface area contributed by atoms with Gasteiger partial charge in [-0.05, 0) is 78.4 Å². The van der Waals surface area contributed by atoms with Gasteiger partial charge in [-0.3, -0.25) is 48.0 Å². The van der Waals surface area contributed by atoms with Crippen LogP contribution in [0.1, 0.15) is 72.3 Å². The Kier molecular flexibility index (Phi) is 16.4. The second-order valence-electron chi connectivity index (χ2n) is 19.2. The first-order chi connectivity index (χ1) is 39.8. The van der Waals surface area contributed by atoms with Crippen LogP contribution in [0.15, 0.2) is 66.7 Å². The highest BCUT2D eigenvalue weighted by molar-refractivity contribution is 7.94. The van der Waals surface area contributed by atoms with E-state index in [-0.39, 0.29) is 78.4 Å². The Labute approximate surface area is 473 Å². The molecule has 0 aliphatic carbocycles. The molecule has 2 saturated heterocycles. The number of imide groups is 2. The number of carbonyl (C=O) groups excluding carboxylic acids is 8. The van der Waals surface area contributed by atoms with Crippen molar-refractivity contribution in [3.8, 4) is 17.2 Å². The summed E-state index contributed by atoms with van der Waals surface area (Å²) in [5.74, 6) is -16.7. The number of amides is 10. The van der Waals surface area contributed by atoms with E-state index in [9.17, 15) is 90.9 Å². The molecule has 35 heteroatoms. The van der Waals surface area contributed by atoms with Crippen LogP contribution in [0.2, 0.25) is 0 Å². The van der Waals surface area contributed by atoms with Gasteiger partial charge in [-0.15, -0.1) is 0 Å². The number of rotatable bonds is 16. The number of nitrogens with one attached hydrogen (secondary N) is 6. The molecule has 5 heterocycles. The van der Waals surface area contributed by atoms with Crippen molar-refractivity contribution in [2.45, 2.75) is 43.7 Å². The molecule has 0 radical (unpaired) electrons. The van der Waals surface area contributed by atoms with Crippen molar-refractivity contribution in [1.82, 2.24) is 40.9 Å². The maximum absolute atomic E-state index is 14.5. The van der Waals surface area contributed by atoms with Crippen molar-refractivity contribution in [3.05, 3.63) is 111 Å². The molecule has 5 aliphatic heterocycles. The fourth-order valence-corrected chi connectivity index (χ4v) is 10.7. The van der Waals surface area contributed by atoms with Gasteiger partial charge in [-0.2, -0.15) is 8.42 Å². The highest BCUT2D eigenvalue weighted by Crippen LogP contribution is 2.36. The van der Waals surface area contributed by atoms with Gasteiger partial charge in [-0.25, -0.2) is 28.4 Å². The number of piperazine rings is 2. The number of carboxylic acid groups (broad SMARTS) is 3. The number of ether oxygens (including phenoxy) is 1. The first-order valence-corrected chi connectivity index (χ1v) is 26.8. The lowest BCUT2D eigenvalue weighted by Crippen LogP contribution is -2.60. The summed E-state index contributed by atoms with van der Waals surface area (Å²) < 4.78 is 60.1. The second-order valence-corrected chi connectivity index (χ2v) is 20.7. The molecule has 4 aromatic carbocycles. The number of hydrogen-bond acceptors (Lipinski definition) is 18. The number of anilines is 2. The molecule has 2 fully saturated rings. The van der Waals surface area contributed by atoms with Gasteiger partial charge < -0.3 is 70.5 Å². The maximum atomic E-state index is 14.5. The van der Waals surface area contributed by atoms with Crippen LogP contribution >= 0.6 is 0 Å². The number of urea groups is 2. The van der Waals surface area contributed by atoms with Crippen LogP contribution < -0.4 is 44.8 Å². The third-order valence-electron chi connectivity index (χ3n) is 14.0. The number of carbonyl (C=O) groups is 11. The van der Waals surface area contributed by atoms with Gasteiger partial charge >= 0.3 is 78.0 Å². The van der Waals surface area contributed by atoms with E-state index in [0.29, 0.717) is 15.4 Å². The molecule has 10 amide bonds. The molecule has 31 nitrogen and oxygen atoms in total. The Hall–Kier alpha value is -10.0. The van der Waals surface area contributed by atoms with E-state index in [4.69, 9.17) is 14.0 Å². The largest absolute Gasteiger partial charge is 0.547 e. The van der Waals surface area contributed by atoms with Crippen molar-refractivity contribution < 1.29 is 105 Å². The summed E-state index contributed by atoms with van der Waals surface area (Å²) in [6.07, 6.45) is -0.510. The SMILES string of the molecule is CCN1CCN(C(=O)NC(C(=O)N[C@H]2Cc3ccc(F)c(C(=O)O)c3OB2O)c2ccc(C(=O)O)c(OCCN3CCN(C(=O)NC(C(=O)N[C@H]4Cc5cccc(C(=O)O)c5OB4O)c4ccc5c(c4)NS(=O)(=O)N5)C(=O)C3=O)c2)C(=O)C1=O. The first kappa shape index (κ1) is 58.6. The van der Waals surface area contributed by atoms with E-state index in [1.807, 2.05) is 0 Å². The predicted octanol–water partition coefficient (Wildman–Crippen LogP) is -1.78. The lowest BCUT2D eigenvalue weighted by Gasteiger charge is -2.34. The van der Waals surface area contributed by atoms with E-state index in [1.54, 1.807) is 6.92 Å². The molecule has 0 spiro atoms. The molecule has 0 saturated carbocycles. The number of para-hydroxylation sites is 1. The minimum atomic E-state index is -4.05. The standard InChI is InChI=1S/C49H47B2FN10O21S/c1-2-59-12-14-61(43(67)41(59)65)49(76)56-36(40(64)54-33-21-25-7-10-28(52)34(47(73)74)38(25)83-51(33)78)23-6-9-26(45(69)70)31(19-23)81-17-16-60-13-15-62(44(68)42(60)66)48(75)55-35(22-8-11-29-30(18-22)58-84(79,80)57-29)39(63)53-32-20-24-4-3-5-27(46(71)72)37(24)82-50(32)77/h3-11,18-19,32-33,35-36,57-58,77-78H,2,12-17,20-21H2,1H3,(H,53,63)(H,54,64)(H,55,75)(H,56,76)(H,69,70)(H,71,72)(H,73,74)/t32-,33-,35?,36?/m0/s1. The average molecular weight is 1180 g/mol. The summed E-state index contributed by atoms with van der Waals surface area (Å²) in [6, 6.07) is 6.75. The van der Waals surface area contributed by atoms with Crippen molar-refractivity contribution in [2.75, 3.05) is 55.3 Å². The maximum Gasteiger partial charge on any atom is 0.547 e. The van der Waals surface area contributed by atoms with Crippen molar-refractivity contribution in [1.29, 1.82) is 0 Å². The molecule has 0 bridgehead atoms. The van der Waals surface area contributed by atoms with Crippen molar-refractivity contribution >= 4 is 101 Å². The second kappa shape index (κ2) is 23.5. The van der Waals surface area contributed by atoms with Crippen LogP contribution in [-0.2, 0) is 51.8 Å². The molecule has 438 valence electrons. The number of benzene rings is 4. The van der Waals surface area contributed by atoms with Gasteiger partial charge in [-0.1, -0.05) is 30.3 Å². The zero-order valence-corrected chi connectivity index (χ0v) is 44.3. The van der Waals surface area contributed by atoms with E-state index >= 15 is 0 Å². The smallest absolute Gasteiger partial charge is 0.534 e. The number of likely N-dealkylation sites (N-methyl/N-ethyl adjacent to an activating group) is 1. The summed E-state index contributed by atoms with van der Waals surface area (Å²) in [6.45, 7) is -0.536. The first-order valence-electron chi connectivity index (χ1n) is 25.3. The van der Waals surface area contributed by atoms with Crippen molar-refractivity contribution in [3.63, 3.8) is 0 Å². The van der Waals surface area contributed by atoms with Crippen LogP contribution in [0.4, 0.5) is 25.4 Å². The Morgan fingerprint density at radius 1 is 0.667 bits per heavy atom. The molecule has 5 aliphatic rings. The van der Waals surface area contributed by atoms with E-state index in [2.05, 4.69) is 30.7 Å². The third-order valence-corrected chi connectivity index (χ3v) is 15.0. The number of aromatic carboxylic acids is 3. The monoisotopic (exact) mass is 1180 g/mol. The summed E-state index contributed by atoms with van der Waals surface area (Å²) in [5, 5.41) is 60.9. The van der Waals surface area contributed by atoms with Crippen LogP contribution in [0, 0.1) is 5.82 Å². The van der Waals surface area contributed by atoms with Gasteiger partial charge in [0.2, 0.25) is 11.8 Å². The molecule has 84 heavy (non-hydrogen) atoms. The van der Waals surface area contributed by atoms with Gasteiger partial charge in [0.15, 0.2) is 0 Å². The van der Waals surface area contributed by atoms with Gasteiger partial charge in [0.25, 0.3) is 0 Å². The van der Waals surface area contributed by atoms with Crippen LogP contribution in [0.5, 0.6) is 17.2 Å². The Balaban J connectivity index is 0.898. The number of hydrogen-bond donors (Lipinski definition) is 11. The third kappa shape index (κ3) is 11.8. The summed E-state index contributed by atoms with van der Waals surface area (Å²) in [7, 11) is -7.87. The zero-order valence-electron chi connectivity index (χ0n) is 43.5. The molecular weight excluding hydrogens is 1140 g/mol. The van der Waals surface area contributed by atoms with Gasteiger partial charge in [0.1, 0.15) is 52.9 Å². The van der Waals surface area contributed by atoms with Crippen LogP contribution in [0.3, 0.4) is 0 Å². The number of fused-ring (bicyclic) bond motifs is 3. The number of carboxylic acids is 3. The lowest BCUT2D eigenvalue weighted by atomic mass is 9.72. The Morgan fingerprint density at radius 3 is 1.79 bits per heavy atom. The fraction of sp³-hybridized carbons (Fsp3) is 0.286. The molecule has 2 unspecified atom stereocenters. The highest BCUT2D eigenvalue weighted by atomic mass is 32.2. The average Bonchev–Trinajstić information content (AvgIpc) is 2.17. The minimum absolute atomic E-state index is 0.0385. The fourth-order valence-electron chi connectivity index (χ4n) is 9.77. The van der Waals surface area contributed by atoms with Crippen LogP contribution in [0.25, 0.3) is 0 Å². The zero-order chi connectivity index (χ0) is 60.6. The van der Waals surface area contributed by atoms with E-state index in [1.165, 1.54) is 41.3 Å². The summed E-state index contributed by atoms with van der Waals surface area (Å²) >= 11 is 0. The van der Waals surface area contributed by atoms with Gasteiger partial charge in [0.05, 0.1) is 35.4 Å². The molecule has 9 rings (SSSR count). The molecular formula is C49H47B2FN10O21S. The molecule has 4 aromatic rings. The normalized spacial score (nSPS) is 18.5. The number of nitrogens with zero attached hydrogens (tertiary/aromatic N) is 4. The lowest BCUT2D eigenvalue weighted by molar-refractivity contribution is -0.154. The van der Waals surface area contributed by atoms with Crippen LogP contribution in [-0.4, -0.2) is 191 Å². The Morgan fingerprint density at radius 2 is 1.20 bits per heavy atom. The van der Waals surface area contributed by atoms with E-state index < -0.39 is 162 Å². The van der Waals surface area contributed by atoms with Crippen molar-refractivity contribution in [2.24, 2.45) is 0 Å². The Bertz CT molecular complexity index is 3620. The van der Waals surface area contributed by atoms with Gasteiger partial charge in [0, 0.05) is 32.7 Å². The topological polar surface area (TPSA) is 436 Å². The van der Waals surface area contributed by atoms with E-state index in [0.717, 1.165) is 35.2 Å². The summed E-state index contributed by atoms with van der Waals surface area (Å²) in [4.78, 5) is 148. The quantitative estimate of drug-likeness (QED) is 0.0436. The molecule has 4 atom stereocenters. The molecule has 11 N–H and O–H groups in total.